The number of nitrogens with two attached hydrogens (primary N) is 1. The molecule has 0 radical (unpaired) electrons. The van der Waals surface area contributed by atoms with E-state index in [4.69, 9.17) is 10.5 Å². The highest BCUT2D eigenvalue weighted by atomic mass is 16.5. The molecule has 2 saturated heterocycles. The molecule has 2 fully saturated rings. The first-order valence-corrected chi connectivity index (χ1v) is 7.08. The second-order valence-electron chi connectivity index (χ2n) is 5.73. The summed E-state index contributed by atoms with van der Waals surface area (Å²) >= 11 is 0. The van der Waals surface area contributed by atoms with Gasteiger partial charge in [0.15, 0.2) is 0 Å². The summed E-state index contributed by atoms with van der Waals surface area (Å²) in [7, 11) is 1.64. The van der Waals surface area contributed by atoms with Crippen LogP contribution in [0, 0.1) is 5.92 Å². The zero-order valence-electron chi connectivity index (χ0n) is 11.8. The largest absolute Gasteiger partial charge is 0.497 e. The van der Waals surface area contributed by atoms with Crippen LogP contribution in [-0.4, -0.2) is 43.1 Å². The molecule has 5 heteroatoms. The molecular weight excluding hydrogens is 254 g/mol. The average Bonchev–Trinajstić information content (AvgIpc) is 2.86. The first kappa shape index (κ1) is 13.2. The van der Waals surface area contributed by atoms with E-state index in [0.717, 1.165) is 43.9 Å². The van der Waals surface area contributed by atoms with Crippen molar-refractivity contribution >= 4 is 11.6 Å². The molecule has 3 rings (SSSR count). The van der Waals surface area contributed by atoms with Gasteiger partial charge < -0.3 is 20.7 Å². The van der Waals surface area contributed by atoms with E-state index in [9.17, 15) is 4.79 Å². The molecule has 1 amide bonds. The molecular formula is C15H21N3O2. The lowest BCUT2D eigenvalue weighted by Crippen LogP contribution is -2.60. The van der Waals surface area contributed by atoms with E-state index in [1.165, 1.54) is 0 Å². The highest BCUT2D eigenvalue weighted by molar-refractivity contribution is 5.89. The number of nitrogens with one attached hydrogen (secondary N) is 1. The zero-order valence-corrected chi connectivity index (χ0v) is 11.8. The molecule has 20 heavy (non-hydrogen) atoms. The number of amides is 1. The number of anilines is 1. The van der Waals surface area contributed by atoms with Crippen molar-refractivity contribution in [2.75, 3.05) is 32.1 Å². The quantitative estimate of drug-likeness (QED) is 0.862. The van der Waals surface area contributed by atoms with Gasteiger partial charge in [0.05, 0.1) is 7.11 Å². The Labute approximate surface area is 119 Å². The minimum Gasteiger partial charge on any atom is -0.497 e. The molecule has 1 aromatic rings. The van der Waals surface area contributed by atoms with Crippen LogP contribution in [0.25, 0.3) is 0 Å². The molecule has 3 atom stereocenters. The van der Waals surface area contributed by atoms with Crippen molar-refractivity contribution in [3.8, 4) is 5.75 Å². The van der Waals surface area contributed by atoms with Crippen LogP contribution in [0.15, 0.2) is 24.3 Å². The molecule has 3 N–H and O–H groups in total. The van der Waals surface area contributed by atoms with E-state index in [2.05, 4.69) is 10.2 Å². The average molecular weight is 275 g/mol. The van der Waals surface area contributed by atoms with Crippen LogP contribution < -0.4 is 15.8 Å². The lowest BCUT2D eigenvalue weighted by Gasteiger charge is -2.41. The lowest BCUT2D eigenvalue weighted by atomic mass is 9.78. The maximum absolute atomic E-state index is 12.1. The summed E-state index contributed by atoms with van der Waals surface area (Å²) in [6, 6.07) is 7.67. The van der Waals surface area contributed by atoms with E-state index in [1.54, 1.807) is 7.11 Å². The topological polar surface area (TPSA) is 67.6 Å². The Morgan fingerprint density at radius 2 is 2.35 bits per heavy atom. The van der Waals surface area contributed by atoms with E-state index in [-0.39, 0.29) is 5.91 Å². The van der Waals surface area contributed by atoms with Crippen LogP contribution in [0.1, 0.15) is 12.8 Å². The Hall–Kier alpha value is -1.75. The molecule has 2 heterocycles. The number of carbonyl (C=O) groups excluding carboxylic acids is 1. The van der Waals surface area contributed by atoms with Crippen LogP contribution in [0.3, 0.4) is 0 Å². The molecule has 108 valence electrons. The van der Waals surface area contributed by atoms with Crippen molar-refractivity contribution in [2.45, 2.75) is 18.4 Å². The summed E-state index contributed by atoms with van der Waals surface area (Å²) < 4.78 is 5.23. The number of piperidine rings is 1. The van der Waals surface area contributed by atoms with Crippen LogP contribution in [-0.2, 0) is 4.79 Å². The number of methoxy groups -OCH3 is 1. The van der Waals surface area contributed by atoms with Gasteiger partial charge in [-0.05, 0) is 31.5 Å². The van der Waals surface area contributed by atoms with Gasteiger partial charge in [0.25, 0.3) is 0 Å². The smallest absolute Gasteiger partial charge is 0.243 e. The lowest BCUT2D eigenvalue weighted by molar-refractivity contribution is -0.125. The number of nitrogens with zero attached hydrogens (tertiary/aromatic N) is 1. The number of benzene rings is 1. The maximum atomic E-state index is 12.1. The Kier molecular flexibility index (Phi) is 3.30. The summed E-state index contributed by atoms with van der Waals surface area (Å²) in [5.74, 6) is 0.824. The molecule has 0 aromatic heterocycles. The molecule has 0 spiro atoms. The van der Waals surface area contributed by atoms with E-state index in [1.807, 2.05) is 24.3 Å². The number of hydrogen-bond donors (Lipinski definition) is 2. The van der Waals surface area contributed by atoms with Gasteiger partial charge in [-0.1, -0.05) is 6.07 Å². The molecule has 0 aliphatic carbocycles. The molecule has 2 aliphatic heterocycles. The minimum absolute atomic E-state index is 0.244. The monoisotopic (exact) mass is 275 g/mol. The van der Waals surface area contributed by atoms with Crippen LogP contribution in [0.4, 0.5) is 5.69 Å². The van der Waals surface area contributed by atoms with Gasteiger partial charge in [-0.25, -0.2) is 0 Å². The van der Waals surface area contributed by atoms with E-state index < -0.39 is 5.54 Å². The van der Waals surface area contributed by atoms with Gasteiger partial charge in [0.1, 0.15) is 11.3 Å². The van der Waals surface area contributed by atoms with Crippen molar-refractivity contribution < 1.29 is 9.53 Å². The standard InChI is InChI=1S/C15H21N3O2/c1-20-13-4-2-3-12(9-13)17-15(14(16)19)6-8-18-7-5-11(15)10-18/h2-4,9,11,17H,5-8,10H2,1H3,(H2,16,19). The zero-order chi connectivity index (χ0) is 14.2. The second kappa shape index (κ2) is 4.98. The van der Waals surface area contributed by atoms with Gasteiger partial charge in [0.2, 0.25) is 5.91 Å². The van der Waals surface area contributed by atoms with Crippen molar-refractivity contribution in [2.24, 2.45) is 11.7 Å². The van der Waals surface area contributed by atoms with E-state index >= 15 is 0 Å². The molecule has 0 saturated carbocycles. The fraction of sp³-hybridized carbons (Fsp3) is 0.533. The second-order valence-corrected chi connectivity index (χ2v) is 5.73. The molecule has 2 aliphatic rings. The first-order valence-electron chi connectivity index (χ1n) is 7.08. The van der Waals surface area contributed by atoms with Gasteiger partial charge in [-0.15, -0.1) is 0 Å². The summed E-state index contributed by atoms with van der Waals surface area (Å²) in [4.78, 5) is 14.5. The number of rotatable bonds is 4. The maximum Gasteiger partial charge on any atom is 0.243 e. The van der Waals surface area contributed by atoms with Crippen molar-refractivity contribution in [1.29, 1.82) is 0 Å². The number of hydrogen-bond acceptors (Lipinski definition) is 4. The Bertz CT molecular complexity index is 520. The number of carbonyl (C=O) groups is 1. The van der Waals surface area contributed by atoms with Crippen molar-refractivity contribution in [3.63, 3.8) is 0 Å². The van der Waals surface area contributed by atoms with Gasteiger partial charge in [-0.2, -0.15) is 0 Å². The molecule has 3 unspecified atom stereocenters. The Morgan fingerprint density at radius 1 is 1.50 bits per heavy atom. The highest BCUT2D eigenvalue weighted by Gasteiger charge is 2.50. The Balaban J connectivity index is 1.89. The fourth-order valence-corrected chi connectivity index (χ4v) is 3.49. The predicted molar refractivity (Wildman–Crippen MR) is 77.7 cm³/mol. The SMILES string of the molecule is COc1cccc(NC2(C(N)=O)CCN3CCC2C3)c1. The van der Waals surface area contributed by atoms with Gasteiger partial charge in [0, 0.05) is 30.8 Å². The van der Waals surface area contributed by atoms with Crippen LogP contribution in [0.5, 0.6) is 5.75 Å². The fourth-order valence-electron chi connectivity index (χ4n) is 3.49. The van der Waals surface area contributed by atoms with Gasteiger partial charge >= 0.3 is 0 Å². The van der Waals surface area contributed by atoms with Crippen LogP contribution in [0.2, 0.25) is 0 Å². The highest BCUT2D eigenvalue weighted by Crippen LogP contribution is 2.38. The third-order valence-corrected chi connectivity index (χ3v) is 4.67. The molecule has 5 nitrogen and oxygen atoms in total. The predicted octanol–water partition coefficient (Wildman–Crippen LogP) is 1.06. The number of fused-ring (bicyclic) bond motifs is 2. The first-order chi connectivity index (χ1) is 9.64. The van der Waals surface area contributed by atoms with E-state index in [0.29, 0.717) is 5.92 Å². The number of primary amides is 1. The van der Waals surface area contributed by atoms with Crippen molar-refractivity contribution in [3.05, 3.63) is 24.3 Å². The molecule has 2 bridgehead atoms. The molecule has 1 aromatic carbocycles. The Morgan fingerprint density at radius 3 is 3.10 bits per heavy atom. The summed E-state index contributed by atoms with van der Waals surface area (Å²) in [6.07, 6.45) is 1.80. The summed E-state index contributed by atoms with van der Waals surface area (Å²) in [6.45, 7) is 2.95. The summed E-state index contributed by atoms with van der Waals surface area (Å²) in [5.41, 5.74) is 6.02. The third-order valence-electron chi connectivity index (χ3n) is 4.67. The third kappa shape index (κ3) is 2.12. The van der Waals surface area contributed by atoms with Crippen molar-refractivity contribution in [1.82, 2.24) is 4.90 Å². The summed E-state index contributed by atoms with van der Waals surface area (Å²) in [5, 5.41) is 3.42. The number of ether oxygens (including phenoxy) is 1. The normalized spacial score (nSPS) is 31.9. The van der Waals surface area contributed by atoms with Crippen LogP contribution >= 0.6 is 0 Å². The minimum atomic E-state index is -0.626. The van der Waals surface area contributed by atoms with Gasteiger partial charge in [-0.3, -0.25) is 4.79 Å².